The van der Waals surface area contributed by atoms with Crippen LogP contribution in [-0.4, -0.2) is 0 Å². The fourth-order valence-corrected chi connectivity index (χ4v) is 0.286. The van der Waals surface area contributed by atoms with Crippen molar-refractivity contribution in [1.82, 2.24) is 0 Å². The Morgan fingerprint density at radius 2 is 2.00 bits per heavy atom. The number of hydrogen-bond acceptors (Lipinski definition) is 2. The molecule has 0 aliphatic rings. The highest BCUT2D eigenvalue weighted by molar-refractivity contribution is 5.15. The third-order valence-electron chi connectivity index (χ3n) is 1.09. The minimum Gasteiger partial charge on any atom is -0.401 e. The first-order chi connectivity index (χ1) is 3.98. The molecule has 2 heteroatoms. The van der Waals surface area contributed by atoms with Crippen LogP contribution < -0.4 is 5.73 Å². The topological polar surface area (TPSA) is 49.8 Å². The van der Waals surface area contributed by atoms with Crippen LogP contribution in [-0.2, 0) is 0 Å². The molecule has 50 valence electrons. The van der Waals surface area contributed by atoms with E-state index < -0.39 is 0 Å². The van der Waals surface area contributed by atoms with Crippen LogP contribution >= 0.6 is 0 Å². The zero-order valence-electron chi connectivity index (χ0n) is 6.10. The molecule has 0 aromatic rings. The van der Waals surface area contributed by atoms with E-state index in [0.717, 1.165) is 0 Å². The molecule has 0 aromatic heterocycles. The zero-order chi connectivity index (χ0) is 7.49. The van der Waals surface area contributed by atoms with Crippen molar-refractivity contribution >= 4 is 0 Å². The maximum Gasteiger partial charge on any atom is 0.0930 e. The van der Waals surface area contributed by atoms with Crippen molar-refractivity contribution in [3.05, 3.63) is 11.8 Å². The largest absolute Gasteiger partial charge is 0.401 e. The molecule has 0 amide bonds. The second-order valence-corrected chi connectivity index (χ2v) is 2.98. The van der Waals surface area contributed by atoms with E-state index in [1.807, 2.05) is 26.8 Å². The molecular weight excluding hydrogens is 112 g/mol. The molecule has 2 N–H and O–H groups in total. The van der Waals surface area contributed by atoms with E-state index in [1.54, 1.807) is 0 Å². The Morgan fingerprint density at radius 1 is 1.56 bits per heavy atom. The van der Waals surface area contributed by atoms with Gasteiger partial charge in [-0.1, -0.05) is 20.8 Å². The third kappa shape index (κ3) is 2.76. The second kappa shape index (κ2) is 2.54. The highest BCUT2D eigenvalue weighted by atomic mass is 14.6. The summed E-state index contributed by atoms with van der Waals surface area (Å²) in [5.74, 6) is 0. The molecule has 0 bridgehead atoms. The standard InChI is InChI=1S/C7H12N2/c1-7(2,3)6(9)4-5-8/h4H,9H2,1-3H3/b6-4-. The fraction of sp³-hybridized carbons (Fsp3) is 0.571. The summed E-state index contributed by atoms with van der Waals surface area (Å²) in [5, 5.41) is 8.19. The summed E-state index contributed by atoms with van der Waals surface area (Å²) in [4.78, 5) is 0. The molecule has 0 unspecified atom stereocenters. The van der Waals surface area contributed by atoms with Gasteiger partial charge < -0.3 is 5.73 Å². The number of nitrogens with zero attached hydrogens (tertiary/aromatic N) is 1. The molecule has 0 aromatic carbocycles. The van der Waals surface area contributed by atoms with E-state index in [0.29, 0.717) is 5.70 Å². The summed E-state index contributed by atoms with van der Waals surface area (Å²) in [6, 6.07) is 1.89. The Balaban J connectivity index is 4.25. The molecule has 0 aliphatic heterocycles. The molecule has 9 heavy (non-hydrogen) atoms. The van der Waals surface area contributed by atoms with Crippen molar-refractivity contribution in [2.75, 3.05) is 0 Å². The number of allylic oxidation sites excluding steroid dienone is 2. The molecular formula is C7H12N2. The van der Waals surface area contributed by atoms with Crippen LogP contribution in [0.4, 0.5) is 0 Å². The second-order valence-electron chi connectivity index (χ2n) is 2.98. The van der Waals surface area contributed by atoms with Gasteiger partial charge in [-0.15, -0.1) is 0 Å². The van der Waals surface area contributed by atoms with E-state index >= 15 is 0 Å². The third-order valence-corrected chi connectivity index (χ3v) is 1.09. The minimum absolute atomic E-state index is 0.0737. The number of rotatable bonds is 0. The Bertz CT molecular complexity index is 155. The number of nitriles is 1. The lowest BCUT2D eigenvalue weighted by molar-refractivity contribution is 0.498. The molecule has 0 radical (unpaired) electrons. The molecule has 0 saturated carbocycles. The molecule has 0 saturated heterocycles. The Labute approximate surface area is 56.0 Å². The van der Waals surface area contributed by atoms with Crippen molar-refractivity contribution in [3.8, 4) is 6.07 Å². The lowest BCUT2D eigenvalue weighted by Crippen LogP contribution is -2.16. The van der Waals surface area contributed by atoms with E-state index in [2.05, 4.69) is 0 Å². The Kier molecular flexibility index (Phi) is 2.27. The van der Waals surface area contributed by atoms with E-state index in [9.17, 15) is 0 Å². The van der Waals surface area contributed by atoms with Crippen LogP contribution in [0.1, 0.15) is 20.8 Å². The van der Waals surface area contributed by atoms with Crippen molar-refractivity contribution in [1.29, 1.82) is 5.26 Å². The van der Waals surface area contributed by atoms with Gasteiger partial charge in [0, 0.05) is 17.2 Å². The minimum atomic E-state index is -0.0737. The van der Waals surface area contributed by atoms with E-state index in [-0.39, 0.29) is 5.41 Å². The first-order valence-corrected chi connectivity index (χ1v) is 2.84. The van der Waals surface area contributed by atoms with Crippen LogP contribution in [0, 0.1) is 16.7 Å². The van der Waals surface area contributed by atoms with Gasteiger partial charge in [0.15, 0.2) is 0 Å². The normalized spacial score (nSPS) is 12.9. The van der Waals surface area contributed by atoms with Crippen LogP contribution in [0.25, 0.3) is 0 Å². The fourth-order valence-electron chi connectivity index (χ4n) is 0.286. The average molecular weight is 124 g/mol. The quantitative estimate of drug-likeness (QED) is 0.496. The summed E-state index contributed by atoms with van der Waals surface area (Å²) in [6.45, 7) is 5.91. The Morgan fingerprint density at radius 3 is 2.11 bits per heavy atom. The van der Waals surface area contributed by atoms with Gasteiger partial charge in [0.2, 0.25) is 0 Å². The average Bonchev–Trinajstić information content (AvgIpc) is 1.64. The highest BCUT2D eigenvalue weighted by Crippen LogP contribution is 2.19. The summed E-state index contributed by atoms with van der Waals surface area (Å²) in [5.41, 5.74) is 6.06. The molecule has 2 nitrogen and oxygen atoms in total. The lowest BCUT2D eigenvalue weighted by atomic mass is 9.92. The van der Waals surface area contributed by atoms with Gasteiger partial charge in [0.25, 0.3) is 0 Å². The van der Waals surface area contributed by atoms with Gasteiger partial charge in [0.05, 0.1) is 6.07 Å². The van der Waals surface area contributed by atoms with Gasteiger partial charge in [-0.25, -0.2) is 0 Å². The van der Waals surface area contributed by atoms with E-state index in [4.69, 9.17) is 11.0 Å². The number of nitrogens with two attached hydrogens (primary N) is 1. The smallest absolute Gasteiger partial charge is 0.0930 e. The number of hydrogen-bond donors (Lipinski definition) is 1. The van der Waals surface area contributed by atoms with Crippen molar-refractivity contribution in [3.63, 3.8) is 0 Å². The summed E-state index contributed by atoms with van der Waals surface area (Å²) in [7, 11) is 0. The predicted molar refractivity (Wildman–Crippen MR) is 37.3 cm³/mol. The van der Waals surface area contributed by atoms with Crippen molar-refractivity contribution in [2.45, 2.75) is 20.8 Å². The van der Waals surface area contributed by atoms with E-state index in [1.165, 1.54) is 6.08 Å². The first-order valence-electron chi connectivity index (χ1n) is 2.84. The SMILES string of the molecule is CC(C)(C)/C(N)=C/C#N. The monoisotopic (exact) mass is 124 g/mol. The lowest BCUT2D eigenvalue weighted by Gasteiger charge is -2.17. The van der Waals surface area contributed by atoms with Gasteiger partial charge in [-0.05, 0) is 0 Å². The van der Waals surface area contributed by atoms with Gasteiger partial charge >= 0.3 is 0 Å². The molecule has 0 spiro atoms. The van der Waals surface area contributed by atoms with Crippen LogP contribution in [0.5, 0.6) is 0 Å². The van der Waals surface area contributed by atoms with Gasteiger partial charge in [-0.2, -0.15) is 5.26 Å². The molecule has 0 fully saturated rings. The molecule has 0 atom stereocenters. The maximum absolute atomic E-state index is 8.19. The molecule has 0 aliphatic carbocycles. The molecule has 0 heterocycles. The predicted octanol–water partition coefficient (Wildman–Crippen LogP) is 1.40. The summed E-state index contributed by atoms with van der Waals surface area (Å²) < 4.78 is 0. The van der Waals surface area contributed by atoms with Crippen LogP contribution in [0.2, 0.25) is 0 Å². The molecule has 0 rings (SSSR count). The van der Waals surface area contributed by atoms with Crippen LogP contribution in [0.15, 0.2) is 11.8 Å². The maximum atomic E-state index is 8.19. The van der Waals surface area contributed by atoms with Gasteiger partial charge in [-0.3, -0.25) is 0 Å². The van der Waals surface area contributed by atoms with Crippen molar-refractivity contribution in [2.24, 2.45) is 11.1 Å². The summed E-state index contributed by atoms with van der Waals surface area (Å²) in [6.07, 6.45) is 1.38. The summed E-state index contributed by atoms with van der Waals surface area (Å²) >= 11 is 0. The van der Waals surface area contributed by atoms with Crippen LogP contribution in [0.3, 0.4) is 0 Å². The van der Waals surface area contributed by atoms with Crippen molar-refractivity contribution < 1.29 is 0 Å². The zero-order valence-corrected chi connectivity index (χ0v) is 6.10. The first kappa shape index (κ1) is 8.03. The highest BCUT2D eigenvalue weighted by Gasteiger charge is 2.12. The van der Waals surface area contributed by atoms with Gasteiger partial charge in [0.1, 0.15) is 0 Å². The Hall–Kier alpha value is -0.970.